The van der Waals surface area contributed by atoms with Gasteiger partial charge >= 0.3 is 0 Å². The van der Waals surface area contributed by atoms with Crippen LogP contribution in [-0.4, -0.2) is 31.1 Å². The molecule has 2 nitrogen and oxygen atoms in total. The van der Waals surface area contributed by atoms with Crippen LogP contribution in [0.1, 0.15) is 39.7 Å². The molecule has 0 saturated carbocycles. The van der Waals surface area contributed by atoms with Gasteiger partial charge in [-0.3, -0.25) is 4.90 Å². The molecule has 0 aromatic heterocycles. The van der Waals surface area contributed by atoms with Gasteiger partial charge < -0.3 is 5.32 Å². The first kappa shape index (κ1) is 14.5. The van der Waals surface area contributed by atoms with Gasteiger partial charge in [0.15, 0.2) is 0 Å². The Labute approximate surface area is 118 Å². The molecular formula is C17H28N2. The molecule has 1 N–H and O–H groups in total. The van der Waals surface area contributed by atoms with Crippen LogP contribution in [0.15, 0.2) is 30.3 Å². The van der Waals surface area contributed by atoms with Crippen LogP contribution in [0.3, 0.4) is 0 Å². The zero-order valence-electron chi connectivity index (χ0n) is 12.9. The Kier molecular flexibility index (Phi) is 4.32. The normalized spacial score (nSPS) is 25.5. The molecule has 19 heavy (non-hydrogen) atoms. The summed E-state index contributed by atoms with van der Waals surface area (Å²) in [6.45, 7) is 13.8. The van der Waals surface area contributed by atoms with Crippen molar-refractivity contribution in [1.82, 2.24) is 10.2 Å². The van der Waals surface area contributed by atoms with E-state index >= 15 is 0 Å². The van der Waals surface area contributed by atoms with E-state index in [1.165, 1.54) is 18.5 Å². The average Bonchev–Trinajstić information content (AvgIpc) is 2.38. The molecule has 0 spiro atoms. The van der Waals surface area contributed by atoms with Gasteiger partial charge in [-0.05, 0) is 30.9 Å². The first-order chi connectivity index (χ1) is 8.92. The predicted molar refractivity (Wildman–Crippen MR) is 82.3 cm³/mol. The Morgan fingerprint density at radius 3 is 2.53 bits per heavy atom. The first-order valence-corrected chi connectivity index (χ1v) is 7.43. The van der Waals surface area contributed by atoms with E-state index in [1.807, 2.05) is 0 Å². The molecule has 106 valence electrons. The van der Waals surface area contributed by atoms with Crippen molar-refractivity contribution < 1.29 is 0 Å². The molecule has 1 saturated heterocycles. The van der Waals surface area contributed by atoms with Gasteiger partial charge in [-0.15, -0.1) is 0 Å². The zero-order valence-corrected chi connectivity index (χ0v) is 12.9. The van der Waals surface area contributed by atoms with E-state index in [2.05, 4.69) is 68.2 Å². The second-order valence-electron chi connectivity index (χ2n) is 7.11. The van der Waals surface area contributed by atoms with Crippen LogP contribution in [0.4, 0.5) is 0 Å². The van der Waals surface area contributed by atoms with E-state index in [0.717, 1.165) is 19.6 Å². The van der Waals surface area contributed by atoms with Crippen LogP contribution < -0.4 is 5.32 Å². The summed E-state index contributed by atoms with van der Waals surface area (Å²) in [4.78, 5) is 2.66. The van der Waals surface area contributed by atoms with Crippen molar-refractivity contribution >= 4 is 0 Å². The second kappa shape index (κ2) is 5.64. The molecular weight excluding hydrogens is 232 g/mol. The molecule has 1 unspecified atom stereocenters. The summed E-state index contributed by atoms with van der Waals surface area (Å²) in [7, 11) is 0. The first-order valence-electron chi connectivity index (χ1n) is 7.43. The minimum atomic E-state index is 0.130. The van der Waals surface area contributed by atoms with Gasteiger partial charge in [-0.25, -0.2) is 0 Å². The number of piperazine rings is 1. The second-order valence-corrected chi connectivity index (χ2v) is 7.11. The maximum absolute atomic E-state index is 3.56. The monoisotopic (exact) mass is 260 g/mol. The zero-order chi connectivity index (χ0) is 13.9. The molecule has 1 aromatic carbocycles. The van der Waals surface area contributed by atoms with Crippen LogP contribution in [0.5, 0.6) is 0 Å². The highest BCUT2D eigenvalue weighted by molar-refractivity contribution is 5.25. The number of benzene rings is 1. The van der Waals surface area contributed by atoms with Crippen molar-refractivity contribution in [2.24, 2.45) is 5.41 Å². The molecule has 2 heteroatoms. The van der Waals surface area contributed by atoms with Gasteiger partial charge in [-0.1, -0.05) is 51.1 Å². The van der Waals surface area contributed by atoms with Gasteiger partial charge in [0.2, 0.25) is 0 Å². The highest BCUT2D eigenvalue weighted by atomic mass is 15.3. The third-order valence-electron chi connectivity index (χ3n) is 4.25. The number of hydrogen-bond donors (Lipinski definition) is 1. The number of nitrogens with one attached hydrogen (secondary N) is 1. The lowest BCUT2D eigenvalue weighted by Crippen LogP contribution is -2.57. The summed E-state index contributed by atoms with van der Waals surface area (Å²) >= 11 is 0. The highest BCUT2D eigenvalue weighted by Gasteiger charge is 2.35. The standard InChI is InChI=1S/C17H28N2/c1-16(2,3)10-12-19-13-11-18-14-17(19,4)15-8-6-5-7-9-15/h5-9,18H,10-14H2,1-4H3. The van der Waals surface area contributed by atoms with Gasteiger partial charge in [-0.2, -0.15) is 0 Å². The van der Waals surface area contributed by atoms with Crippen LogP contribution in [0.2, 0.25) is 0 Å². The minimum absolute atomic E-state index is 0.130. The Morgan fingerprint density at radius 2 is 1.89 bits per heavy atom. The fraction of sp³-hybridized carbons (Fsp3) is 0.647. The van der Waals surface area contributed by atoms with Crippen molar-refractivity contribution in [1.29, 1.82) is 0 Å². The maximum atomic E-state index is 3.56. The fourth-order valence-electron chi connectivity index (χ4n) is 2.82. The van der Waals surface area contributed by atoms with E-state index in [1.54, 1.807) is 0 Å². The van der Waals surface area contributed by atoms with Gasteiger partial charge in [0.05, 0.1) is 5.54 Å². The lowest BCUT2D eigenvalue weighted by molar-refractivity contribution is 0.0616. The summed E-state index contributed by atoms with van der Waals surface area (Å²) in [5.74, 6) is 0. The molecule has 0 bridgehead atoms. The fourth-order valence-corrected chi connectivity index (χ4v) is 2.82. The molecule has 2 rings (SSSR count). The van der Waals surface area contributed by atoms with Crippen LogP contribution in [-0.2, 0) is 5.54 Å². The third kappa shape index (κ3) is 3.58. The van der Waals surface area contributed by atoms with Crippen molar-refractivity contribution in [2.45, 2.75) is 39.7 Å². The molecule has 0 radical (unpaired) electrons. The Balaban J connectivity index is 2.15. The SMILES string of the molecule is CC(C)(C)CCN1CCNCC1(C)c1ccccc1. The van der Waals surface area contributed by atoms with Crippen LogP contribution in [0, 0.1) is 5.41 Å². The van der Waals surface area contributed by atoms with Crippen LogP contribution in [0.25, 0.3) is 0 Å². The molecule has 0 amide bonds. The lowest BCUT2D eigenvalue weighted by Gasteiger charge is -2.46. The van der Waals surface area contributed by atoms with Crippen molar-refractivity contribution in [3.8, 4) is 0 Å². The summed E-state index contributed by atoms with van der Waals surface area (Å²) in [5, 5.41) is 3.56. The third-order valence-corrected chi connectivity index (χ3v) is 4.25. The Bertz CT molecular complexity index is 393. The largest absolute Gasteiger partial charge is 0.313 e. The molecule has 1 atom stereocenters. The van der Waals surface area contributed by atoms with Crippen molar-refractivity contribution in [3.05, 3.63) is 35.9 Å². The van der Waals surface area contributed by atoms with Crippen molar-refractivity contribution in [2.75, 3.05) is 26.2 Å². The lowest BCUT2D eigenvalue weighted by atomic mass is 9.86. The molecule has 1 fully saturated rings. The summed E-state index contributed by atoms with van der Waals surface area (Å²) < 4.78 is 0. The summed E-state index contributed by atoms with van der Waals surface area (Å²) in [6, 6.07) is 10.9. The number of nitrogens with zero attached hydrogens (tertiary/aromatic N) is 1. The predicted octanol–water partition coefficient (Wildman–Crippen LogP) is 3.24. The van der Waals surface area contributed by atoms with E-state index in [-0.39, 0.29) is 5.54 Å². The highest BCUT2D eigenvalue weighted by Crippen LogP contribution is 2.31. The number of rotatable bonds is 3. The summed E-state index contributed by atoms with van der Waals surface area (Å²) in [5.41, 5.74) is 1.96. The minimum Gasteiger partial charge on any atom is -0.313 e. The van der Waals surface area contributed by atoms with E-state index in [4.69, 9.17) is 0 Å². The topological polar surface area (TPSA) is 15.3 Å². The van der Waals surface area contributed by atoms with Crippen LogP contribution >= 0.6 is 0 Å². The maximum Gasteiger partial charge on any atom is 0.0557 e. The van der Waals surface area contributed by atoms with Gasteiger partial charge in [0, 0.05) is 19.6 Å². The number of hydrogen-bond acceptors (Lipinski definition) is 2. The van der Waals surface area contributed by atoms with E-state index < -0.39 is 0 Å². The molecule has 1 aromatic rings. The molecule has 0 aliphatic carbocycles. The molecule has 1 aliphatic heterocycles. The smallest absolute Gasteiger partial charge is 0.0557 e. The summed E-state index contributed by atoms with van der Waals surface area (Å²) in [6.07, 6.45) is 1.25. The average molecular weight is 260 g/mol. The van der Waals surface area contributed by atoms with Gasteiger partial charge in [0.1, 0.15) is 0 Å². The van der Waals surface area contributed by atoms with E-state index in [0.29, 0.717) is 5.41 Å². The van der Waals surface area contributed by atoms with Crippen molar-refractivity contribution in [3.63, 3.8) is 0 Å². The molecule has 1 heterocycles. The molecule has 1 aliphatic rings. The Hall–Kier alpha value is -0.860. The Morgan fingerprint density at radius 1 is 1.21 bits per heavy atom. The quantitative estimate of drug-likeness (QED) is 0.897. The van der Waals surface area contributed by atoms with Gasteiger partial charge in [0.25, 0.3) is 0 Å². The van der Waals surface area contributed by atoms with E-state index in [9.17, 15) is 0 Å².